The maximum atomic E-state index is 11.1. The number of rotatable bonds is 5. The number of nitrogens with zero attached hydrogens (tertiary/aromatic N) is 2. The Hall–Kier alpha value is -1.40. The number of methoxy groups -OCH3 is 1. The predicted molar refractivity (Wildman–Crippen MR) is 72.7 cm³/mol. The number of thiophene rings is 1. The van der Waals surface area contributed by atoms with Crippen LogP contribution in [0.1, 0.15) is 41.2 Å². The summed E-state index contributed by atoms with van der Waals surface area (Å²) >= 11 is 1.30. The van der Waals surface area contributed by atoms with Crippen molar-refractivity contribution in [1.29, 1.82) is 0 Å². The molecule has 1 N–H and O–H groups in total. The number of carboxylic acid groups (broad SMARTS) is 1. The van der Waals surface area contributed by atoms with Crippen LogP contribution in [0.5, 0.6) is 0 Å². The van der Waals surface area contributed by atoms with Crippen molar-refractivity contribution < 1.29 is 14.6 Å². The number of hydrogen-bond acceptors (Lipinski definition) is 4. The molecule has 2 aromatic rings. The Kier molecular flexibility index (Phi) is 3.06. The second-order valence-electron chi connectivity index (χ2n) is 5.04. The van der Waals surface area contributed by atoms with Crippen molar-refractivity contribution in [2.24, 2.45) is 5.92 Å². The molecule has 1 aliphatic rings. The van der Waals surface area contributed by atoms with Crippen LogP contribution in [-0.2, 0) is 11.3 Å². The first-order chi connectivity index (χ1) is 9.11. The van der Waals surface area contributed by atoms with E-state index in [-0.39, 0.29) is 0 Å². The molecule has 0 bridgehead atoms. The normalized spacial score (nSPS) is 16.9. The van der Waals surface area contributed by atoms with Crippen molar-refractivity contribution >= 4 is 27.5 Å². The average molecular weight is 280 g/mol. The van der Waals surface area contributed by atoms with Gasteiger partial charge < -0.3 is 9.84 Å². The van der Waals surface area contributed by atoms with Gasteiger partial charge in [0, 0.05) is 12.5 Å². The molecular weight excluding hydrogens is 264 g/mol. The molecule has 6 heteroatoms. The van der Waals surface area contributed by atoms with Crippen LogP contribution in [0.3, 0.4) is 0 Å². The van der Waals surface area contributed by atoms with Crippen molar-refractivity contribution in [2.45, 2.75) is 32.4 Å². The number of aromatic nitrogens is 2. The van der Waals surface area contributed by atoms with Crippen LogP contribution in [-0.4, -0.2) is 28.0 Å². The predicted octanol–water partition coefficient (Wildman–Crippen LogP) is 2.91. The van der Waals surface area contributed by atoms with Crippen LogP contribution in [0.15, 0.2) is 6.07 Å². The van der Waals surface area contributed by atoms with Gasteiger partial charge in [-0.15, -0.1) is 11.3 Å². The maximum Gasteiger partial charge on any atom is 0.345 e. The van der Waals surface area contributed by atoms with Gasteiger partial charge in [-0.25, -0.2) is 4.79 Å². The molecular formula is C13H16N2O3S. The Morgan fingerprint density at radius 2 is 2.42 bits per heavy atom. The summed E-state index contributed by atoms with van der Waals surface area (Å²) in [5, 5.41) is 14.6. The number of aromatic carboxylic acids is 1. The van der Waals surface area contributed by atoms with E-state index in [4.69, 9.17) is 9.84 Å². The molecule has 19 heavy (non-hydrogen) atoms. The summed E-state index contributed by atoms with van der Waals surface area (Å²) in [6, 6.07) is 2.04. The van der Waals surface area contributed by atoms with Gasteiger partial charge in [0.1, 0.15) is 9.71 Å². The topological polar surface area (TPSA) is 64.4 Å². The zero-order chi connectivity index (χ0) is 13.6. The van der Waals surface area contributed by atoms with Gasteiger partial charge in [-0.05, 0) is 31.7 Å². The van der Waals surface area contributed by atoms with Crippen molar-refractivity contribution in [3.63, 3.8) is 0 Å². The molecule has 0 radical (unpaired) electrons. The van der Waals surface area contributed by atoms with Gasteiger partial charge in [-0.3, -0.25) is 4.68 Å². The van der Waals surface area contributed by atoms with E-state index in [0.717, 1.165) is 15.9 Å². The highest BCUT2D eigenvalue weighted by Gasteiger charge is 2.31. The Morgan fingerprint density at radius 3 is 3.00 bits per heavy atom. The summed E-state index contributed by atoms with van der Waals surface area (Å²) in [7, 11) is 1.62. The zero-order valence-electron chi connectivity index (χ0n) is 10.9. The number of carboxylic acids is 1. The number of fused-ring (bicyclic) bond motifs is 1. The maximum absolute atomic E-state index is 11.1. The van der Waals surface area contributed by atoms with E-state index in [1.807, 2.05) is 4.68 Å². The van der Waals surface area contributed by atoms with Crippen LogP contribution in [0.25, 0.3) is 10.2 Å². The zero-order valence-corrected chi connectivity index (χ0v) is 11.7. The van der Waals surface area contributed by atoms with Crippen molar-refractivity contribution in [3.05, 3.63) is 16.6 Å². The van der Waals surface area contributed by atoms with Crippen molar-refractivity contribution in [2.75, 3.05) is 7.11 Å². The minimum absolute atomic E-state index is 0.327. The fraction of sp³-hybridized carbons (Fsp3) is 0.538. The fourth-order valence-corrected chi connectivity index (χ4v) is 3.45. The van der Waals surface area contributed by atoms with Crippen LogP contribution >= 0.6 is 11.3 Å². The lowest BCUT2D eigenvalue weighted by molar-refractivity contribution is 0.0702. The molecule has 0 saturated heterocycles. The summed E-state index contributed by atoms with van der Waals surface area (Å²) in [5.41, 5.74) is 0.828. The molecule has 1 aliphatic carbocycles. The number of hydrogen-bond donors (Lipinski definition) is 1. The molecule has 1 fully saturated rings. The van der Waals surface area contributed by atoms with Gasteiger partial charge in [-0.1, -0.05) is 0 Å². The molecule has 0 aliphatic heterocycles. The van der Waals surface area contributed by atoms with Gasteiger partial charge in [0.25, 0.3) is 0 Å². The number of ether oxygens (including phenoxy) is 1. The summed E-state index contributed by atoms with van der Waals surface area (Å²) in [6.07, 6.45) is 2.47. The second kappa shape index (κ2) is 4.61. The molecule has 2 aromatic heterocycles. The Balaban J connectivity index is 2.11. The average Bonchev–Trinajstić information content (AvgIpc) is 3.03. The summed E-state index contributed by atoms with van der Waals surface area (Å²) in [5.74, 6) is -0.205. The molecule has 0 amide bonds. The van der Waals surface area contributed by atoms with Crippen molar-refractivity contribution in [1.82, 2.24) is 9.78 Å². The fourth-order valence-electron chi connectivity index (χ4n) is 2.39. The molecule has 0 aromatic carbocycles. The summed E-state index contributed by atoms with van der Waals surface area (Å²) < 4.78 is 7.14. The van der Waals surface area contributed by atoms with Crippen LogP contribution in [0.2, 0.25) is 0 Å². The summed E-state index contributed by atoms with van der Waals surface area (Å²) in [4.78, 5) is 12.4. The smallest absolute Gasteiger partial charge is 0.345 e. The Bertz CT molecular complexity index is 627. The standard InChI is InChI=1S/C13H16N2O3S/c1-7(8-3-4-8)15-12-9(10(14-15)6-18-2)5-11(19-12)13(16)17/h5,7-8H,3-4,6H2,1-2H3,(H,16,17). The van der Waals surface area contributed by atoms with Gasteiger partial charge >= 0.3 is 5.97 Å². The third-order valence-electron chi connectivity index (χ3n) is 3.64. The Labute approximate surface area is 114 Å². The van der Waals surface area contributed by atoms with Crippen molar-refractivity contribution in [3.8, 4) is 0 Å². The van der Waals surface area contributed by atoms with E-state index in [2.05, 4.69) is 12.0 Å². The van der Waals surface area contributed by atoms with Gasteiger partial charge in [-0.2, -0.15) is 5.10 Å². The highest BCUT2D eigenvalue weighted by Crippen LogP contribution is 2.42. The van der Waals surface area contributed by atoms with Crippen LogP contribution in [0, 0.1) is 5.92 Å². The van der Waals surface area contributed by atoms with Gasteiger partial charge in [0.15, 0.2) is 0 Å². The highest BCUT2D eigenvalue weighted by molar-refractivity contribution is 7.20. The van der Waals surface area contributed by atoms with Gasteiger partial charge in [0.2, 0.25) is 0 Å². The lowest BCUT2D eigenvalue weighted by Gasteiger charge is -2.10. The molecule has 1 atom stereocenters. The first-order valence-electron chi connectivity index (χ1n) is 6.35. The molecule has 5 nitrogen and oxygen atoms in total. The van der Waals surface area contributed by atoms with Crippen LogP contribution in [0.4, 0.5) is 0 Å². The summed E-state index contributed by atoms with van der Waals surface area (Å²) in [6.45, 7) is 2.57. The van der Waals surface area contributed by atoms with E-state index in [0.29, 0.717) is 23.4 Å². The van der Waals surface area contributed by atoms with E-state index in [1.54, 1.807) is 13.2 Å². The SMILES string of the molecule is COCc1nn(C(C)C2CC2)c2sc(C(=O)O)cc12. The minimum Gasteiger partial charge on any atom is -0.477 e. The minimum atomic E-state index is -0.879. The first kappa shape index (κ1) is 12.6. The first-order valence-corrected chi connectivity index (χ1v) is 7.16. The van der Waals surface area contributed by atoms with Gasteiger partial charge in [0.05, 0.1) is 18.3 Å². The molecule has 1 unspecified atom stereocenters. The highest BCUT2D eigenvalue weighted by atomic mass is 32.1. The quantitative estimate of drug-likeness (QED) is 0.914. The van der Waals surface area contributed by atoms with E-state index < -0.39 is 5.97 Å². The monoisotopic (exact) mass is 280 g/mol. The van der Waals surface area contributed by atoms with E-state index in [1.165, 1.54) is 24.2 Å². The lowest BCUT2D eigenvalue weighted by Crippen LogP contribution is -2.09. The van der Waals surface area contributed by atoms with E-state index in [9.17, 15) is 4.79 Å². The molecule has 3 rings (SSSR count). The molecule has 0 spiro atoms. The van der Waals surface area contributed by atoms with E-state index >= 15 is 0 Å². The Morgan fingerprint density at radius 1 is 1.68 bits per heavy atom. The van der Waals surface area contributed by atoms with Crippen LogP contribution < -0.4 is 0 Å². The lowest BCUT2D eigenvalue weighted by atomic mass is 10.2. The molecule has 102 valence electrons. The molecule has 2 heterocycles. The second-order valence-corrected chi connectivity index (χ2v) is 6.07. The third kappa shape index (κ3) is 2.15. The largest absolute Gasteiger partial charge is 0.477 e. The number of carbonyl (C=O) groups is 1. The molecule has 1 saturated carbocycles. The third-order valence-corrected chi connectivity index (χ3v) is 4.75.